The van der Waals surface area contributed by atoms with Gasteiger partial charge in [0.1, 0.15) is 0 Å². The van der Waals surface area contributed by atoms with Crippen LogP contribution in [0.4, 0.5) is 0 Å². The maximum atomic E-state index is 3.57. The molecule has 0 spiro atoms. The lowest BCUT2D eigenvalue weighted by Gasteiger charge is -2.18. The number of rotatable bonds is 10. The minimum absolute atomic E-state index is 0.709. The van der Waals surface area contributed by atoms with Crippen molar-refractivity contribution in [3.8, 4) is 0 Å². The van der Waals surface area contributed by atoms with Crippen LogP contribution in [0.15, 0.2) is 0 Å². The van der Waals surface area contributed by atoms with E-state index in [0.29, 0.717) is 6.04 Å². The zero-order valence-electron chi connectivity index (χ0n) is 11.3. The van der Waals surface area contributed by atoms with Crippen molar-refractivity contribution in [3.05, 3.63) is 0 Å². The van der Waals surface area contributed by atoms with E-state index < -0.39 is 0 Å². The van der Waals surface area contributed by atoms with Crippen LogP contribution in [0.3, 0.4) is 0 Å². The molecule has 0 radical (unpaired) electrons. The summed E-state index contributed by atoms with van der Waals surface area (Å²) in [6.07, 6.45) is 9.57. The lowest BCUT2D eigenvalue weighted by atomic mass is 9.93. The van der Waals surface area contributed by atoms with Crippen molar-refractivity contribution in [3.63, 3.8) is 0 Å². The van der Waals surface area contributed by atoms with Gasteiger partial charge in [-0.1, -0.05) is 46.5 Å². The standard InChI is InChI=1S/C14H31N/c1-5-8-9-14(7-3)11-10-13(4)15-12-6-2/h13-15H,5-12H2,1-4H3. The molecule has 1 heteroatoms. The third-order valence-electron chi connectivity index (χ3n) is 3.29. The Kier molecular flexibility index (Phi) is 10.4. The Hall–Kier alpha value is -0.0400. The molecule has 0 aromatic heterocycles. The molecule has 15 heavy (non-hydrogen) atoms. The van der Waals surface area contributed by atoms with Crippen LogP contribution < -0.4 is 5.32 Å². The molecule has 0 amide bonds. The first kappa shape index (κ1) is 15.0. The largest absolute Gasteiger partial charge is 0.314 e. The Bertz CT molecular complexity index is 123. The molecule has 0 rings (SSSR count). The fourth-order valence-corrected chi connectivity index (χ4v) is 2.02. The summed E-state index contributed by atoms with van der Waals surface area (Å²) in [5.41, 5.74) is 0. The van der Waals surface area contributed by atoms with Gasteiger partial charge in [0, 0.05) is 6.04 Å². The summed E-state index contributed by atoms with van der Waals surface area (Å²) in [4.78, 5) is 0. The molecular weight excluding hydrogens is 182 g/mol. The predicted molar refractivity (Wildman–Crippen MR) is 70.3 cm³/mol. The van der Waals surface area contributed by atoms with Crippen molar-refractivity contribution in [2.75, 3.05) is 6.54 Å². The van der Waals surface area contributed by atoms with Gasteiger partial charge in [-0.05, 0) is 38.6 Å². The summed E-state index contributed by atoms with van der Waals surface area (Å²) in [6, 6.07) is 0.709. The first-order chi connectivity index (χ1) is 7.24. The van der Waals surface area contributed by atoms with Gasteiger partial charge >= 0.3 is 0 Å². The Morgan fingerprint density at radius 1 is 0.933 bits per heavy atom. The van der Waals surface area contributed by atoms with E-state index in [1.807, 2.05) is 0 Å². The highest BCUT2D eigenvalue weighted by Gasteiger charge is 2.08. The highest BCUT2D eigenvalue weighted by atomic mass is 14.9. The fourth-order valence-electron chi connectivity index (χ4n) is 2.02. The number of hydrogen-bond donors (Lipinski definition) is 1. The molecule has 0 saturated carbocycles. The predicted octanol–water partition coefficient (Wildman–Crippen LogP) is 4.37. The maximum absolute atomic E-state index is 3.57. The second-order valence-electron chi connectivity index (χ2n) is 4.85. The highest BCUT2D eigenvalue weighted by Crippen LogP contribution is 2.19. The summed E-state index contributed by atoms with van der Waals surface area (Å²) in [5, 5.41) is 3.57. The molecule has 92 valence electrons. The Labute approximate surface area is 97.0 Å². The average molecular weight is 213 g/mol. The molecule has 1 nitrogen and oxygen atoms in total. The van der Waals surface area contributed by atoms with E-state index in [-0.39, 0.29) is 0 Å². The smallest absolute Gasteiger partial charge is 0.00388 e. The lowest BCUT2D eigenvalue weighted by molar-refractivity contribution is 0.377. The van der Waals surface area contributed by atoms with Gasteiger partial charge in [-0.3, -0.25) is 0 Å². The molecule has 0 aliphatic carbocycles. The van der Waals surface area contributed by atoms with Crippen LogP contribution in [0.5, 0.6) is 0 Å². The normalized spacial score (nSPS) is 15.2. The van der Waals surface area contributed by atoms with Crippen molar-refractivity contribution in [2.45, 2.75) is 78.7 Å². The van der Waals surface area contributed by atoms with Crippen LogP contribution in [0.1, 0.15) is 72.6 Å². The summed E-state index contributed by atoms with van der Waals surface area (Å²) in [7, 11) is 0. The Morgan fingerprint density at radius 3 is 2.20 bits per heavy atom. The molecule has 0 aromatic carbocycles. The van der Waals surface area contributed by atoms with Gasteiger partial charge < -0.3 is 5.32 Å². The first-order valence-corrected chi connectivity index (χ1v) is 6.97. The Morgan fingerprint density at radius 2 is 1.67 bits per heavy atom. The number of hydrogen-bond acceptors (Lipinski definition) is 1. The molecule has 1 N–H and O–H groups in total. The van der Waals surface area contributed by atoms with Crippen molar-refractivity contribution in [2.24, 2.45) is 5.92 Å². The molecule has 0 fully saturated rings. The second kappa shape index (κ2) is 10.5. The zero-order valence-corrected chi connectivity index (χ0v) is 11.3. The minimum Gasteiger partial charge on any atom is -0.314 e. The van der Waals surface area contributed by atoms with E-state index in [1.54, 1.807) is 0 Å². The number of nitrogens with one attached hydrogen (secondary N) is 1. The fraction of sp³-hybridized carbons (Fsp3) is 1.00. The van der Waals surface area contributed by atoms with Crippen molar-refractivity contribution in [1.29, 1.82) is 0 Å². The van der Waals surface area contributed by atoms with Crippen LogP contribution in [-0.4, -0.2) is 12.6 Å². The van der Waals surface area contributed by atoms with E-state index >= 15 is 0 Å². The zero-order chi connectivity index (χ0) is 11.5. The van der Waals surface area contributed by atoms with Crippen LogP contribution in [0.25, 0.3) is 0 Å². The van der Waals surface area contributed by atoms with Gasteiger partial charge in [0.25, 0.3) is 0 Å². The maximum Gasteiger partial charge on any atom is 0.00388 e. The second-order valence-corrected chi connectivity index (χ2v) is 4.85. The van der Waals surface area contributed by atoms with Crippen molar-refractivity contribution in [1.82, 2.24) is 5.32 Å². The monoisotopic (exact) mass is 213 g/mol. The van der Waals surface area contributed by atoms with Crippen LogP contribution in [-0.2, 0) is 0 Å². The van der Waals surface area contributed by atoms with E-state index in [2.05, 4.69) is 33.0 Å². The van der Waals surface area contributed by atoms with Gasteiger partial charge in [-0.25, -0.2) is 0 Å². The molecule has 2 atom stereocenters. The number of unbranched alkanes of at least 4 members (excludes halogenated alkanes) is 1. The van der Waals surface area contributed by atoms with Gasteiger partial charge in [0.15, 0.2) is 0 Å². The third-order valence-corrected chi connectivity index (χ3v) is 3.29. The molecule has 0 aliphatic heterocycles. The average Bonchev–Trinajstić information content (AvgIpc) is 2.26. The summed E-state index contributed by atoms with van der Waals surface area (Å²) >= 11 is 0. The molecule has 0 aliphatic rings. The molecular formula is C14H31N. The van der Waals surface area contributed by atoms with Crippen LogP contribution in [0.2, 0.25) is 0 Å². The van der Waals surface area contributed by atoms with Crippen molar-refractivity contribution < 1.29 is 0 Å². The minimum atomic E-state index is 0.709. The topological polar surface area (TPSA) is 12.0 Å². The molecule has 0 saturated heterocycles. The van der Waals surface area contributed by atoms with Gasteiger partial charge in [-0.15, -0.1) is 0 Å². The van der Waals surface area contributed by atoms with Gasteiger partial charge in [0.05, 0.1) is 0 Å². The summed E-state index contributed by atoms with van der Waals surface area (Å²) in [6.45, 7) is 10.4. The molecule has 0 heterocycles. The van der Waals surface area contributed by atoms with Crippen LogP contribution in [0, 0.1) is 5.92 Å². The van der Waals surface area contributed by atoms with E-state index in [9.17, 15) is 0 Å². The van der Waals surface area contributed by atoms with Gasteiger partial charge in [0.2, 0.25) is 0 Å². The van der Waals surface area contributed by atoms with E-state index in [4.69, 9.17) is 0 Å². The Balaban J connectivity index is 3.50. The molecule has 0 aromatic rings. The SMILES string of the molecule is CCCCC(CC)CCC(C)NCCC. The molecule has 2 unspecified atom stereocenters. The van der Waals surface area contributed by atoms with E-state index in [0.717, 1.165) is 5.92 Å². The van der Waals surface area contributed by atoms with E-state index in [1.165, 1.54) is 51.5 Å². The lowest BCUT2D eigenvalue weighted by Crippen LogP contribution is -2.27. The third kappa shape index (κ3) is 8.92. The summed E-state index contributed by atoms with van der Waals surface area (Å²) in [5.74, 6) is 0.968. The summed E-state index contributed by atoms with van der Waals surface area (Å²) < 4.78 is 0. The molecule has 0 bridgehead atoms. The quantitative estimate of drug-likeness (QED) is 0.568. The van der Waals surface area contributed by atoms with Gasteiger partial charge in [-0.2, -0.15) is 0 Å². The highest BCUT2D eigenvalue weighted by molar-refractivity contribution is 4.65. The first-order valence-electron chi connectivity index (χ1n) is 6.97. The van der Waals surface area contributed by atoms with Crippen LogP contribution >= 0.6 is 0 Å². The van der Waals surface area contributed by atoms with Crippen molar-refractivity contribution >= 4 is 0 Å².